The summed E-state index contributed by atoms with van der Waals surface area (Å²) in [7, 11) is 0. The van der Waals surface area contributed by atoms with Gasteiger partial charge in [-0.3, -0.25) is 0 Å². The van der Waals surface area contributed by atoms with Crippen molar-refractivity contribution in [2.75, 3.05) is 13.1 Å². The van der Waals surface area contributed by atoms with Crippen molar-refractivity contribution in [1.29, 1.82) is 0 Å². The van der Waals surface area contributed by atoms with Crippen molar-refractivity contribution in [2.24, 2.45) is 0 Å². The highest BCUT2D eigenvalue weighted by Gasteiger charge is 2.30. The molecule has 0 aromatic heterocycles. The van der Waals surface area contributed by atoms with Crippen molar-refractivity contribution in [3.63, 3.8) is 0 Å². The van der Waals surface area contributed by atoms with Crippen molar-refractivity contribution >= 4 is 16.7 Å². The molecule has 1 fully saturated rings. The van der Waals surface area contributed by atoms with Crippen molar-refractivity contribution < 1.29 is 23.1 Å². The third kappa shape index (κ3) is 4.80. The Labute approximate surface area is 201 Å². The zero-order chi connectivity index (χ0) is 24.6. The summed E-state index contributed by atoms with van der Waals surface area (Å²) in [5.74, 6) is -0.502. The molecule has 1 aliphatic heterocycles. The Morgan fingerprint density at radius 1 is 0.800 bits per heavy atom. The number of alkyl halides is 3. The maximum atomic E-state index is 12.9. The average molecular weight is 476 g/mol. The topological polar surface area (TPSA) is 49.3 Å². The van der Waals surface area contributed by atoms with Gasteiger partial charge in [0.15, 0.2) is 0 Å². The number of carbonyl (C=O) groups is 1. The first kappa shape index (κ1) is 23.1. The van der Waals surface area contributed by atoms with Gasteiger partial charge in [0.25, 0.3) is 0 Å². The highest BCUT2D eigenvalue weighted by Crippen LogP contribution is 2.36. The molecule has 2 N–H and O–H groups in total. The molecule has 0 atom stereocenters. The van der Waals surface area contributed by atoms with Crippen LogP contribution in [0.25, 0.3) is 33.0 Å². The van der Waals surface area contributed by atoms with Gasteiger partial charge in [-0.2, -0.15) is 13.2 Å². The van der Waals surface area contributed by atoms with Crippen molar-refractivity contribution in [1.82, 2.24) is 5.32 Å². The average Bonchev–Trinajstić information content (AvgIpc) is 2.88. The lowest BCUT2D eigenvalue weighted by atomic mass is 9.88. The molecule has 1 saturated heterocycles. The van der Waals surface area contributed by atoms with Crippen LogP contribution in [0.4, 0.5) is 13.2 Å². The number of carboxylic acids is 1. The molecule has 0 aliphatic carbocycles. The maximum Gasteiger partial charge on any atom is 0.416 e. The maximum absolute atomic E-state index is 12.9. The molecule has 5 rings (SSSR count). The first-order chi connectivity index (χ1) is 16.8. The van der Waals surface area contributed by atoms with Gasteiger partial charge < -0.3 is 10.4 Å². The molecule has 0 unspecified atom stereocenters. The standard InChI is InChI=1S/C29H24F3NO2/c30-29(31,32)25-8-5-19(6-9-25)22-7-10-26-23(15-22)16-24(28(34)35)17-27(26)21-3-1-18(2-4-21)20-11-13-33-14-12-20/h1-10,15-17,20,33H,11-14H2,(H,34,35). The van der Waals surface area contributed by atoms with Crippen LogP contribution in [0, 0.1) is 0 Å². The van der Waals surface area contributed by atoms with Crippen LogP contribution in [0.5, 0.6) is 0 Å². The summed E-state index contributed by atoms with van der Waals surface area (Å²) in [6, 6.07) is 22.2. The van der Waals surface area contributed by atoms with Gasteiger partial charge in [0, 0.05) is 0 Å². The second-order valence-electron chi connectivity index (χ2n) is 8.99. The number of piperidine rings is 1. The smallest absolute Gasteiger partial charge is 0.416 e. The van der Waals surface area contributed by atoms with Gasteiger partial charge in [0.2, 0.25) is 0 Å². The molecule has 0 bridgehead atoms. The minimum atomic E-state index is -4.39. The predicted octanol–water partition coefficient (Wildman–Crippen LogP) is 7.36. The second-order valence-corrected chi connectivity index (χ2v) is 8.99. The largest absolute Gasteiger partial charge is 0.478 e. The van der Waals surface area contributed by atoms with Gasteiger partial charge in [-0.15, -0.1) is 0 Å². The van der Waals surface area contributed by atoms with E-state index in [4.69, 9.17) is 0 Å². The lowest BCUT2D eigenvalue weighted by Gasteiger charge is -2.23. The summed E-state index contributed by atoms with van der Waals surface area (Å²) < 4.78 is 38.8. The van der Waals surface area contributed by atoms with Gasteiger partial charge in [-0.1, -0.05) is 48.5 Å². The normalized spacial score (nSPS) is 14.8. The van der Waals surface area contributed by atoms with Gasteiger partial charge >= 0.3 is 12.1 Å². The van der Waals surface area contributed by atoms with E-state index in [1.54, 1.807) is 12.1 Å². The lowest BCUT2D eigenvalue weighted by molar-refractivity contribution is -0.137. The van der Waals surface area contributed by atoms with E-state index in [2.05, 4.69) is 17.4 Å². The first-order valence-electron chi connectivity index (χ1n) is 11.6. The van der Waals surface area contributed by atoms with Crippen LogP contribution in [0.15, 0.2) is 78.9 Å². The van der Waals surface area contributed by atoms with E-state index < -0.39 is 17.7 Å². The Morgan fingerprint density at radius 3 is 2.06 bits per heavy atom. The fraction of sp³-hybridized carbons (Fsp3) is 0.207. The molecule has 1 heterocycles. The van der Waals surface area contributed by atoms with Gasteiger partial charge in [-0.05, 0) is 101 Å². The minimum absolute atomic E-state index is 0.166. The number of carboxylic acid groups (broad SMARTS) is 1. The van der Waals surface area contributed by atoms with E-state index in [1.165, 1.54) is 17.7 Å². The Balaban J connectivity index is 1.55. The van der Waals surface area contributed by atoms with Crippen LogP contribution in [0.3, 0.4) is 0 Å². The zero-order valence-corrected chi connectivity index (χ0v) is 18.9. The molecule has 4 aromatic rings. The van der Waals surface area contributed by atoms with Crippen molar-refractivity contribution in [3.8, 4) is 22.3 Å². The predicted molar refractivity (Wildman–Crippen MR) is 132 cm³/mol. The van der Waals surface area contributed by atoms with Crippen molar-refractivity contribution in [2.45, 2.75) is 24.9 Å². The number of aromatic carboxylic acids is 1. The molecule has 0 spiro atoms. The molecule has 0 amide bonds. The molecule has 6 heteroatoms. The summed E-state index contributed by atoms with van der Waals surface area (Å²) in [5.41, 5.74) is 3.85. The lowest BCUT2D eigenvalue weighted by Crippen LogP contribution is -2.26. The van der Waals surface area contributed by atoms with Crippen LogP contribution >= 0.6 is 0 Å². The zero-order valence-electron chi connectivity index (χ0n) is 18.9. The Morgan fingerprint density at radius 2 is 1.43 bits per heavy atom. The highest BCUT2D eigenvalue weighted by atomic mass is 19.4. The van der Waals surface area contributed by atoms with Crippen molar-refractivity contribution in [3.05, 3.63) is 95.6 Å². The molecule has 1 aliphatic rings. The minimum Gasteiger partial charge on any atom is -0.478 e. The highest BCUT2D eigenvalue weighted by molar-refractivity contribution is 6.04. The summed E-state index contributed by atoms with van der Waals surface area (Å²) in [5, 5.41) is 14.7. The number of nitrogens with one attached hydrogen (secondary N) is 1. The summed E-state index contributed by atoms with van der Waals surface area (Å²) in [6.07, 6.45) is -2.19. The number of hydrogen-bond donors (Lipinski definition) is 2. The van der Waals surface area contributed by atoms with E-state index in [-0.39, 0.29) is 5.56 Å². The monoisotopic (exact) mass is 475 g/mol. The summed E-state index contributed by atoms with van der Waals surface area (Å²) in [4.78, 5) is 11.9. The number of benzene rings is 4. The van der Waals surface area contributed by atoms with E-state index >= 15 is 0 Å². The first-order valence-corrected chi connectivity index (χ1v) is 11.6. The molecule has 178 valence electrons. The number of rotatable bonds is 4. The quantitative estimate of drug-likeness (QED) is 0.324. The molecule has 3 nitrogen and oxygen atoms in total. The summed E-state index contributed by atoms with van der Waals surface area (Å²) in [6.45, 7) is 2.03. The van der Waals surface area contributed by atoms with E-state index in [9.17, 15) is 23.1 Å². The van der Waals surface area contributed by atoms with Gasteiger partial charge in [-0.25, -0.2) is 4.79 Å². The van der Waals surface area contributed by atoms with Gasteiger partial charge in [0.05, 0.1) is 11.1 Å². The van der Waals surface area contributed by atoms with Crippen LogP contribution in [0.2, 0.25) is 0 Å². The van der Waals surface area contributed by atoms with Crippen LogP contribution < -0.4 is 5.32 Å². The molecular weight excluding hydrogens is 451 g/mol. The second kappa shape index (κ2) is 9.19. The SMILES string of the molecule is O=C(O)c1cc(-c2ccc(C3CCNCC3)cc2)c2ccc(-c3ccc(C(F)(F)F)cc3)cc2c1. The van der Waals surface area contributed by atoms with E-state index in [0.717, 1.165) is 65.5 Å². The third-order valence-electron chi connectivity index (χ3n) is 6.78. The number of hydrogen-bond acceptors (Lipinski definition) is 2. The van der Waals surface area contributed by atoms with Crippen LogP contribution in [-0.2, 0) is 6.18 Å². The fourth-order valence-electron chi connectivity index (χ4n) is 4.85. The molecule has 35 heavy (non-hydrogen) atoms. The molecule has 0 saturated carbocycles. The van der Waals surface area contributed by atoms with E-state index in [1.807, 2.05) is 30.3 Å². The molecular formula is C29H24F3NO2. The molecule has 0 radical (unpaired) electrons. The van der Waals surface area contributed by atoms with Crippen LogP contribution in [0.1, 0.15) is 40.2 Å². The van der Waals surface area contributed by atoms with Crippen LogP contribution in [-0.4, -0.2) is 24.2 Å². The Hall–Kier alpha value is -3.64. The third-order valence-corrected chi connectivity index (χ3v) is 6.78. The molecule has 4 aromatic carbocycles. The summed E-state index contributed by atoms with van der Waals surface area (Å²) >= 11 is 0. The van der Waals surface area contributed by atoms with E-state index in [0.29, 0.717) is 11.5 Å². The number of halogens is 3. The number of fused-ring (bicyclic) bond motifs is 1. The fourth-order valence-corrected chi connectivity index (χ4v) is 4.85. The Kier molecular flexibility index (Phi) is 6.07. The van der Waals surface area contributed by atoms with Gasteiger partial charge in [0.1, 0.15) is 0 Å². The Bertz CT molecular complexity index is 1370.